The molecule has 0 radical (unpaired) electrons. The Kier molecular flexibility index (Phi) is 6.87. The first-order valence-corrected chi connectivity index (χ1v) is 18.9. The fraction of sp³-hybridized carbons (Fsp3) is 0.120. The van der Waals surface area contributed by atoms with Gasteiger partial charge in [0.15, 0.2) is 0 Å². The van der Waals surface area contributed by atoms with E-state index in [4.69, 9.17) is 0 Å². The summed E-state index contributed by atoms with van der Waals surface area (Å²) in [5, 5.41) is 18.7. The van der Waals surface area contributed by atoms with Gasteiger partial charge in [-0.3, -0.25) is 0 Å². The number of rotatable bonds is 2. The highest BCUT2D eigenvalue weighted by Gasteiger charge is 2.45. The third kappa shape index (κ3) is 4.57. The molecule has 3 unspecified atom stereocenters. The minimum Gasteiger partial charge on any atom is -0.388 e. The van der Waals surface area contributed by atoms with Crippen LogP contribution in [-0.4, -0.2) is 22.3 Å². The normalized spacial score (nSPS) is 23.7. The molecule has 254 valence electrons. The van der Waals surface area contributed by atoms with Gasteiger partial charge in [0.1, 0.15) is 0 Å². The second-order valence-corrected chi connectivity index (χ2v) is 14.8. The Morgan fingerprint density at radius 3 is 2.45 bits per heavy atom. The molecule has 1 aliphatic heterocycles. The van der Waals surface area contributed by atoms with E-state index in [9.17, 15) is 5.11 Å². The van der Waals surface area contributed by atoms with Crippen molar-refractivity contribution in [3.8, 4) is 11.1 Å². The van der Waals surface area contributed by atoms with Gasteiger partial charge in [-0.25, -0.2) is 0 Å². The summed E-state index contributed by atoms with van der Waals surface area (Å²) in [6.07, 6.45) is 22.4. The fourth-order valence-corrected chi connectivity index (χ4v) is 9.80. The second kappa shape index (κ2) is 11.9. The number of fused-ring (bicyclic) bond motifs is 13. The number of aliphatic hydroxyl groups is 1. The van der Waals surface area contributed by atoms with Gasteiger partial charge in [0.25, 0.3) is 0 Å². The zero-order chi connectivity index (χ0) is 35.0. The van der Waals surface area contributed by atoms with Crippen molar-refractivity contribution in [3.63, 3.8) is 0 Å². The predicted octanol–water partition coefficient (Wildman–Crippen LogP) is 9.40. The van der Waals surface area contributed by atoms with E-state index in [0.29, 0.717) is 12.5 Å². The quantitative estimate of drug-likeness (QED) is 0.197. The Bertz CT molecular complexity index is 2840. The van der Waals surface area contributed by atoms with E-state index < -0.39 is 6.10 Å². The molecule has 6 aromatic rings. The van der Waals surface area contributed by atoms with Crippen LogP contribution in [0.5, 0.6) is 0 Å². The van der Waals surface area contributed by atoms with E-state index in [2.05, 4.69) is 173 Å². The maximum atomic E-state index is 12.6. The van der Waals surface area contributed by atoms with Crippen LogP contribution in [0.1, 0.15) is 23.6 Å². The van der Waals surface area contributed by atoms with Gasteiger partial charge in [-0.1, -0.05) is 152 Å². The first-order valence-electron chi connectivity index (χ1n) is 18.9. The van der Waals surface area contributed by atoms with E-state index in [1.54, 1.807) is 0 Å². The number of benzene rings is 5. The van der Waals surface area contributed by atoms with Gasteiger partial charge in [0, 0.05) is 57.5 Å². The van der Waals surface area contributed by atoms with Crippen LogP contribution in [0.25, 0.3) is 49.8 Å². The molecule has 2 heterocycles. The number of hydrogen-bond donors (Lipinski definition) is 1. The lowest BCUT2D eigenvalue weighted by Crippen LogP contribution is -2.49. The Balaban J connectivity index is 1.28. The number of nitrogens with zero attached hydrogens (tertiary/aromatic N) is 2. The van der Waals surface area contributed by atoms with Crippen LogP contribution in [0.3, 0.4) is 0 Å². The lowest BCUT2D eigenvalue weighted by atomic mass is 9.65. The van der Waals surface area contributed by atoms with Crippen LogP contribution in [0.4, 0.5) is 5.69 Å². The topological polar surface area (TPSA) is 28.4 Å². The number of allylic oxidation sites excluding steroid dienone is 10. The van der Waals surface area contributed by atoms with Crippen molar-refractivity contribution < 1.29 is 5.11 Å². The number of aliphatic hydroxyl groups excluding tert-OH is 1. The maximum absolute atomic E-state index is 12.6. The molecule has 0 saturated carbocycles. The van der Waals surface area contributed by atoms with Gasteiger partial charge < -0.3 is 14.6 Å². The van der Waals surface area contributed by atoms with Crippen molar-refractivity contribution in [2.75, 3.05) is 11.4 Å². The van der Waals surface area contributed by atoms with Crippen LogP contribution in [0.15, 0.2) is 182 Å². The highest BCUT2D eigenvalue weighted by atomic mass is 16.3. The Labute approximate surface area is 309 Å². The van der Waals surface area contributed by atoms with Crippen molar-refractivity contribution in [1.82, 2.24) is 4.57 Å². The molecular weight excluding hydrogens is 645 g/mol. The molecule has 4 atom stereocenters. The van der Waals surface area contributed by atoms with Crippen molar-refractivity contribution in [3.05, 3.63) is 203 Å². The van der Waals surface area contributed by atoms with Crippen LogP contribution < -0.4 is 15.3 Å². The Hall–Kier alpha value is -6.16. The van der Waals surface area contributed by atoms with Crippen molar-refractivity contribution in [2.24, 2.45) is 11.8 Å². The molecule has 1 aromatic heterocycles. The molecule has 5 aliphatic rings. The highest BCUT2D eigenvalue weighted by molar-refractivity contribution is 6.09. The molecule has 11 rings (SSSR count). The number of aromatic nitrogens is 1. The van der Waals surface area contributed by atoms with Crippen molar-refractivity contribution in [2.45, 2.75) is 18.4 Å². The summed E-state index contributed by atoms with van der Waals surface area (Å²) in [6, 6.07) is 42.2. The molecule has 0 bridgehead atoms. The molecule has 0 spiro atoms. The first kappa shape index (κ1) is 30.5. The van der Waals surface area contributed by atoms with E-state index in [-0.39, 0.29) is 11.8 Å². The minimum absolute atomic E-state index is 0.103. The summed E-state index contributed by atoms with van der Waals surface area (Å²) >= 11 is 0. The lowest BCUT2D eigenvalue weighted by molar-refractivity contribution is 0.172. The summed E-state index contributed by atoms with van der Waals surface area (Å²) in [6.45, 7) is 0.689. The monoisotopic (exact) mass is 682 g/mol. The van der Waals surface area contributed by atoms with Crippen molar-refractivity contribution in [1.29, 1.82) is 0 Å². The molecule has 4 aliphatic carbocycles. The molecule has 3 nitrogen and oxygen atoms in total. The minimum atomic E-state index is -0.730. The SMILES string of the molecule is OC1/C=C\C=C/CN(c2ccc3ccccc3c2)C2=c3ccccc3=C3c4c(c5ccccc5n4C4=CC5CC=CC=C5C=C4)-c4ccccc4C3[C@H]21. The molecule has 5 aromatic carbocycles. The largest absolute Gasteiger partial charge is 0.388 e. The standard InChI is InChI=1S/C50H38N2O/c53-44-24-2-1-13-29-51(36-27-25-32-14-3-5-16-34(32)30-36)49-41-21-10-9-20-40(41)47-46(48(44)49)39-19-8-7-18-38(39)45-42-22-11-12-23-43(42)52(50(45)47)37-28-26-33-15-4-6-17-35(33)31-37/h1-16,18-28,30-31,35,44,46,48,53H,17,29H2/b13-1-,24-2-/t35?,44?,46?,48-/m1/s1. The third-order valence-corrected chi connectivity index (χ3v) is 12.0. The van der Waals surface area contributed by atoms with E-state index in [1.807, 2.05) is 12.2 Å². The Morgan fingerprint density at radius 2 is 1.51 bits per heavy atom. The van der Waals surface area contributed by atoms with Crippen LogP contribution in [-0.2, 0) is 0 Å². The molecule has 1 N–H and O–H groups in total. The van der Waals surface area contributed by atoms with Crippen LogP contribution >= 0.6 is 0 Å². The first-order chi connectivity index (χ1) is 26.2. The zero-order valence-corrected chi connectivity index (χ0v) is 29.3. The zero-order valence-electron chi connectivity index (χ0n) is 29.3. The Morgan fingerprint density at radius 1 is 0.698 bits per heavy atom. The third-order valence-electron chi connectivity index (χ3n) is 12.0. The summed E-state index contributed by atoms with van der Waals surface area (Å²) in [5.41, 5.74) is 12.4. The molecule has 0 amide bonds. The maximum Gasteiger partial charge on any atom is 0.0816 e. The summed E-state index contributed by atoms with van der Waals surface area (Å²) in [5.74, 6) is -0.0119. The number of hydrogen-bond acceptors (Lipinski definition) is 2. The predicted molar refractivity (Wildman–Crippen MR) is 220 cm³/mol. The summed E-state index contributed by atoms with van der Waals surface area (Å²) < 4.78 is 2.54. The fourth-order valence-electron chi connectivity index (χ4n) is 9.80. The molecular formula is C50H38N2O. The van der Waals surface area contributed by atoms with Crippen LogP contribution in [0.2, 0.25) is 0 Å². The summed E-state index contributed by atoms with van der Waals surface area (Å²) in [4.78, 5) is 2.46. The van der Waals surface area contributed by atoms with Crippen LogP contribution in [0, 0.1) is 11.8 Å². The molecule has 0 fully saturated rings. The van der Waals surface area contributed by atoms with Gasteiger partial charge in [-0.15, -0.1) is 0 Å². The molecule has 53 heavy (non-hydrogen) atoms. The van der Waals surface area contributed by atoms with Gasteiger partial charge in [0.05, 0.1) is 17.3 Å². The molecule has 3 heteroatoms. The van der Waals surface area contributed by atoms with Gasteiger partial charge >= 0.3 is 0 Å². The average Bonchev–Trinajstić information content (AvgIpc) is 3.59. The van der Waals surface area contributed by atoms with Crippen molar-refractivity contribution >= 4 is 44.3 Å². The van der Waals surface area contributed by atoms with E-state index in [1.165, 1.54) is 71.3 Å². The molecule has 0 saturated heterocycles. The van der Waals surface area contributed by atoms with E-state index in [0.717, 1.165) is 17.8 Å². The lowest BCUT2D eigenvalue weighted by Gasteiger charge is -2.44. The van der Waals surface area contributed by atoms with E-state index >= 15 is 0 Å². The van der Waals surface area contributed by atoms with Gasteiger partial charge in [-0.05, 0) is 69.0 Å². The van der Waals surface area contributed by atoms with Gasteiger partial charge in [0.2, 0.25) is 0 Å². The number of anilines is 1. The smallest absolute Gasteiger partial charge is 0.0816 e. The second-order valence-electron chi connectivity index (χ2n) is 14.8. The number of para-hydroxylation sites is 1. The van der Waals surface area contributed by atoms with Gasteiger partial charge in [-0.2, -0.15) is 0 Å². The summed E-state index contributed by atoms with van der Waals surface area (Å²) in [7, 11) is 0. The highest BCUT2D eigenvalue weighted by Crippen LogP contribution is 2.56. The average molecular weight is 683 g/mol.